The van der Waals surface area contributed by atoms with Gasteiger partial charge in [-0.05, 0) is 58.7 Å². The highest BCUT2D eigenvalue weighted by molar-refractivity contribution is 5.74. The van der Waals surface area contributed by atoms with E-state index in [0.717, 1.165) is 46.1 Å². The van der Waals surface area contributed by atoms with Gasteiger partial charge in [0, 0.05) is 23.7 Å². The topological polar surface area (TPSA) is 105 Å². The van der Waals surface area contributed by atoms with Crippen molar-refractivity contribution in [3.05, 3.63) is 41.3 Å². The van der Waals surface area contributed by atoms with Gasteiger partial charge in [0.25, 0.3) is 0 Å². The van der Waals surface area contributed by atoms with Crippen LogP contribution in [-0.4, -0.2) is 52.6 Å². The number of aryl methyl sites for hydroxylation is 2. The Kier molecular flexibility index (Phi) is 7.48. The van der Waals surface area contributed by atoms with Gasteiger partial charge in [-0.15, -0.1) is 0 Å². The minimum Gasteiger partial charge on any atom is -0.491 e. The fourth-order valence-corrected chi connectivity index (χ4v) is 4.60. The molecule has 0 aliphatic heterocycles. The number of aliphatic hydroxyl groups excluding tert-OH is 1. The predicted molar refractivity (Wildman–Crippen MR) is 133 cm³/mol. The Morgan fingerprint density at radius 2 is 2.03 bits per heavy atom. The molecule has 0 radical (unpaired) electrons. The molecule has 3 N–H and O–H groups in total. The van der Waals surface area contributed by atoms with Gasteiger partial charge >= 0.3 is 0 Å². The summed E-state index contributed by atoms with van der Waals surface area (Å²) in [6.45, 7) is 8.86. The summed E-state index contributed by atoms with van der Waals surface area (Å²) >= 11 is 0. The summed E-state index contributed by atoms with van der Waals surface area (Å²) < 4.78 is 11.3. The van der Waals surface area contributed by atoms with Crippen molar-refractivity contribution in [2.45, 2.75) is 59.1 Å². The molecule has 0 bridgehead atoms. The number of nitrogens with one attached hydrogen (secondary N) is 2. The number of nitrogens with zero attached hydrogens (tertiary/aromatic N) is 3. The molecule has 3 aromatic rings. The highest BCUT2D eigenvalue weighted by Gasteiger charge is 2.26. The highest BCUT2D eigenvalue weighted by Crippen LogP contribution is 2.35. The Morgan fingerprint density at radius 1 is 1.21 bits per heavy atom. The Balaban J connectivity index is 1.73. The largest absolute Gasteiger partial charge is 0.491 e. The molecule has 34 heavy (non-hydrogen) atoms. The monoisotopic (exact) mass is 465 g/mol. The van der Waals surface area contributed by atoms with E-state index in [1.54, 1.807) is 7.05 Å². The van der Waals surface area contributed by atoms with Gasteiger partial charge in [0.2, 0.25) is 0 Å². The minimum atomic E-state index is -0.584. The normalized spacial score (nSPS) is 18.8. The molecule has 1 aliphatic rings. The average Bonchev–Trinajstić information content (AvgIpc) is 3.38. The second-order valence-corrected chi connectivity index (χ2v) is 9.28. The molecule has 1 fully saturated rings. The molecule has 1 aromatic carbocycles. The molecule has 8 nitrogen and oxygen atoms in total. The molecule has 2 heterocycles. The van der Waals surface area contributed by atoms with Gasteiger partial charge in [-0.2, -0.15) is 0 Å². The molecule has 8 heteroatoms. The van der Waals surface area contributed by atoms with Crippen LogP contribution >= 0.6 is 0 Å². The molecule has 0 saturated heterocycles. The number of anilines is 1. The van der Waals surface area contributed by atoms with E-state index < -0.39 is 6.10 Å². The Hall–Kier alpha value is -2.97. The zero-order valence-corrected chi connectivity index (χ0v) is 20.7. The number of ether oxygens (including phenoxy) is 1. The lowest BCUT2D eigenvalue weighted by Crippen LogP contribution is -2.29. The van der Waals surface area contributed by atoms with E-state index in [1.807, 2.05) is 38.1 Å². The number of rotatable bonds is 9. The summed E-state index contributed by atoms with van der Waals surface area (Å²) in [7, 11) is 1.80. The summed E-state index contributed by atoms with van der Waals surface area (Å²) in [6.07, 6.45) is 3.01. The van der Waals surface area contributed by atoms with Gasteiger partial charge in [-0.3, -0.25) is 0 Å². The summed E-state index contributed by atoms with van der Waals surface area (Å²) in [6, 6.07) is 8.07. The van der Waals surface area contributed by atoms with Crippen molar-refractivity contribution >= 4 is 5.82 Å². The van der Waals surface area contributed by atoms with Crippen molar-refractivity contribution in [2.75, 3.05) is 25.5 Å². The fraction of sp³-hybridized carbons (Fsp3) is 0.500. The number of hydrogen-bond donors (Lipinski definition) is 3. The first-order valence-corrected chi connectivity index (χ1v) is 12.0. The smallest absolute Gasteiger partial charge is 0.162 e. The van der Waals surface area contributed by atoms with E-state index in [-0.39, 0.29) is 6.61 Å². The fourth-order valence-electron chi connectivity index (χ4n) is 4.60. The molecule has 4 rings (SSSR count). The summed E-state index contributed by atoms with van der Waals surface area (Å²) in [5, 5.41) is 20.8. The van der Waals surface area contributed by atoms with Gasteiger partial charge < -0.3 is 25.0 Å². The Bertz CT molecular complexity index is 1110. The summed E-state index contributed by atoms with van der Waals surface area (Å²) in [5.41, 5.74) is 4.37. The minimum absolute atomic E-state index is 0.204. The Labute approximate surface area is 201 Å². The third-order valence-electron chi connectivity index (χ3n) is 6.57. The molecule has 0 spiro atoms. The molecular formula is C26H35N5O3. The summed E-state index contributed by atoms with van der Waals surface area (Å²) in [4.78, 5) is 9.91. The molecular weight excluding hydrogens is 430 g/mol. The van der Waals surface area contributed by atoms with Gasteiger partial charge in [0.05, 0.1) is 17.0 Å². The van der Waals surface area contributed by atoms with Crippen LogP contribution in [0.25, 0.3) is 22.6 Å². The third-order valence-corrected chi connectivity index (χ3v) is 6.57. The highest BCUT2D eigenvalue weighted by atomic mass is 16.5. The van der Waals surface area contributed by atoms with Crippen molar-refractivity contribution in [1.82, 2.24) is 20.4 Å². The standard InChI is InChI=1S/C26H35N5O3/c1-15-8-6-11-22(15)28-25-16(2)24(23-17(3)31-34-18(23)4)29-26(30-25)19-9-7-10-21(12-19)33-14-20(32)13-27-5/h7,9-10,12,15,20,22,27,32H,6,8,11,13-14H2,1-5H3,(H,28,29,30)/t15-,20?,22?/m1/s1. The van der Waals surface area contributed by atoms with Crippen molar-refractivity contribution in [2.24, 2.45) is 5.92 Å². The molecule has 182 valence electrons. The van der Waals surface area contributed by atoms with Crippen LogP contribution in [0.15, 0.2) is 28.8 Å². The SMILES string of the molecule is CNCC(O)COc1cccc(-c2nc(NC3CCC[C@H]3C)c(C)c(-c3c(C)noc3C)n2)c1. The van der Waals surface area contributed by atoms with Crippen LogP contribution in [0.3, 0.4) is 0 Å². The zero-order valence-electron chi connectivity index (χ0n) is 20.7. The van der Waals surface area contributed by atoms with Crippen LogP contribution in [0.1, 0.15) is 43.2 Å². The quantitative estimate of drug-likeness (QED) is 0.430. The summed E-state index contributed by atoms with van der Waals surface area (Å²) in [5.74, 6) is 3.45. The van der Waals surface area contributed by atoms with Gasteiger partial charge in [0.1, 0.15) is 30.0 Å². The zero-order chi connectivity index (χ0) is 24.2. The lowest BCUT2D eigenvalue weighted by atomic mass is 10.0. The van der Waals surface area contributed by atoms with E-state index in [1.165, 1.54) is 12.8 Å². The first-order chi connectivity index (χ1) is 16.4. The van der Waals surface area contributed by atoms with Gasteiger partial charge in [0.15, 0.2) is 5.82 Å². The number of hydrogen-bond acceptors (Lipinski definition) is 8. The number of aromatic nitrogens is 3. The predicted octanol–water partition coefficient (Wildman–Crippen LogP) is 4.28. The maximum atomic E-state index is 9.98. The lowest BCUT2D eigenvalue weighted by molar-refractivity contribution is 0.108. The van der Waals surface area contributed by atoms with Crippen LogP contribution in [0, 0.1) is 26.7 Å². The van der Waals surface area contributed by atoms with E-state index in [2.05, 4.69) is 29.6 Å². The van der Waals surface area contributed by atoms with E-state index >= 15 is 0 Å². The first kappa shape index (κ1) is 24.2. The number of benzene rings is 1. The molecule has 2 unspecified atom stereocenters. The molecule has 0 amide bonds. The van der Waals surface area contributed by atoms with Crippen LogP contribution in [0.2, 0.25) is 0 Å². The number of likely N-dealkylation sites (N-methyl/N-ethyl adjacent to an activating group) is 1. The third kappa shape index (κ3) is 5.23. The van der Waals surface area contributed by atoms with Crippen molar-refractivity contribution in [3.63, 3.8) is 0 Å². The molecule has 3 atom stereocenters. The average molecular weight is 466 g/mol. The van der Waals surface area contributed by atoms with Crippen molar-refractivity contribution < 1.29 is 14.4 Å². The Morgan fingerprint density at radius 3 is 2.71 bits per heavy atom. The van der Waals surface area contributed by atoms with Crippen LogP contribution in [-0.2, 0) is 0 Å². The van der Waals surface area contributed by atoms with E-state index in [9.17, 15) is 5.11 Å². The van der Waals surface area contributed by atoms with Crippen LogP contribution in [0.5, 0.6) is 5.75 Å². The second-order valence-electron chi connectivity index (χ2n) is 9.28. The molecule has 1 saturated carbocycles. The van der Waals surface area contributed by atoms with Crippen LogP contribution < -0.4 is 15.4 Å². The van der Waals surface area contributed by atoms with E-state index in [4.69, 9.17) is 19.2 Å². The maximum Gasteiger partial charge on any atom is 0.162 e. The molecule has 1 aliphatic carbocycles. The first-order valence-electron chi connectivity index (χ1n) is 12.0. The van der Waals surface area contributed by atoms with Gasteiger partial charge in [-0.25, -0.2) is 9.97 Å². The number of aliphatic hydroxyl groups is 1. The lowest BCUT2D eigenvalue weighted by Gasteiger charge is -2.21. The van der Waals surface area contributed by atoms with Crippen LogP contribution in [0.4, 0.5) is 5.82 Å². The molecule has 2 aromatic heterocycles. The second kappa shape index (κ2) is 10.5. The van der Waals surface area contributed by atoms with Crippen molar-refractivity contribution in [1.29, 1.82) is 0 Å². The van der Waals surface area contributed by atoms with Gasteiger partial charge in [-0.1, -0.05) is 30.6 Å². The van der Waals surface area contributed by atoms with E-state index in [0.29, 0.717) is 30.1 Å². The van der Waals surface area contributed by atoms with Crippen molar-refractivity contribution in [3.8, 4) is 28.4 Å². The maximum absolute atomic E-state index is 9.98.